The lowest BCUT2D eigenvalue weighted by molar-refractivity contribution is -0.116. The van der Waals surface area contributed by atoms with Gasteiger partial charge in [-0.1, -0.05) is 36.4 Å². The number of morpholine rings is 1. The molecule has 4 nitrogen and oxygen atoms in total. The summed E-state index contributed by atoms with van der Waals surface area (Å²) in [6.45, 7) is 4.48. The van der Waals surface area contributed by atoms with Crippen LogP contribution in [0.25, 0.3) is 6.08 Å². The number of benzene rings is 2. The van der Waals surface area contributed by atoms with Crippen molar-refractivity contribution in [1.29, 1.82) is 0 Å². The molecule has 2 aromatic rings. The molecule has 1 aliphatic rings. The van der Waals surface area contributed by atoms with Gasteiger partial charge in [0.2, 0.25) is 5.91 Å². The van der Waals surface area contributed by atoms with E-state index in [4.69, 9.17) is 4.74 Å². The molecule has 0 bridgehead atoms. The fourth-order valence-corrected chi connectivity index (χ4v) is 3.62. The molecule has 2 aromatic carbocycles. The molecule has 1 aliphatic heterocycles. The second-order valence-corrected chi connectivity index (χ2v) is 7.96. The molecule has 8 heteroatoms. The van der Waals surface area contributed by atoms with Gasteiger partial charge in [0.15, 0.2) is 0 Å². The molecule has 160 valence electrons. The molecule has 0 spiro atoms. The second kappa shape index (κ2) is 10.7. The number of nitrogens with zero attached hydrogens (tertiary/aromatic N) is 1. The highest BCUT2D eigenvalue weighted by Crippen LogP contribution is 2.36. The van der Waals surface area contributed by atoms with Gasteiger partial charge in [-0.25, -0.2) is 0 Å². The lowest BCUT2D eigenvalue weighted by Crippen LogP contribution is -2.36. The Morgan fingerprint density at radius 1 is 1.07 bits per heavy atom. The molecule has 1 fully saturated rings. The number of rotatable bonds is 7. The third-order valence-corrected chi connectivity index (χ3v) is 5.35. The van der Waals surface area contributed by atoms with Crippen molar-refractivity contribution in [3.8, 4) is 0 Å². The van der Waals surface area contributed by atoms with Gasteiger partial charge in [-0.05, 0) is 46.7 Å². The highest BCUT2D eigenvalue weighted by molar-refractivity contribution is 8.00. The molecular formula is C22H23F3N2O2S. The Balaban J connectivity index is 1.52. The number of thioether (sulfide) groups is 1. The third-order valence-electron chi connectivity index (χ3n) is 4.61. The van der Waals surface area contributed by atoms with E-state index in [1.165, 1.54) is 23.8 Å². The molecular weight excluding hydrogens is 413 g/mol. The van der Waals surface area contributed by atoms with E-state index in [1.54, 1.807) is 18.2 Å². The standard InChI is InChI=1S/C22H23F3N2O2S/c23-22(24,25)30-20-8-5-17(6-9-20)7-10-21(28)26-15-18-3-1-2-4-19(18)16-27-11-13-29-14-12-27/h1-10H,11-16H2,(H,26,28)/b10-7+. The lowest BCUT2D eigenvalue weighted by Gasteiger charge is -2.27. The lowest BCUT2D eigenvalue weighted by atomic mass is 10.1. The van der Waals surface area contributed by atoms with Gasteiger partial charge in [0.1, 0.15) is 0 Å². The number of amides is 1. The predicted octanol–water partition coefficient (Wildman–Crippen LogP) is 4.46. The molecule has 1 N–H and O–H groups in total. The number of halogens is 3. The zero-order valence-corrected chi connectivity index (χ0v) is 17.1. The Bertz CT molecular complexity index is 863. The van der Waals surface area contributed by atoms with Gasteiger partial charge in [0.25, 0.3) is 0 Å². The maximum Gasteiger partial charge on any atom is 0.446 e. The minimum absolute atomic E-state index is 0.112. The summed E-state index contributed by atoms with van der Waals surface area (Å²) in [5, 5.41) is 2.87. The van der Waals surface area contributed by atoms with Crippen molar-refractivity contribution in [2.75, 3.05) is 26.3 Å². The van der Waals surface area contributed by atoms with E-state index in [9.17, 15) is 18.0 Å². The van der Waals surface area contributed by atoms with Gasteiger partial charge in [-0.3, -0.25) is 9.69 Å². The van der Waals surface area contributed by atoms with Crippen LogP contribution in [-0.2, 0) is 22.6 Å². The van der Waals surface area contributed by atoms with E-state index in [-0.39, 0.29) is 22.6 Å². The minimum atomic E-state index is -4.31. The number of alkyl halides is 3. The van der Waals surface area contributed by atoms with Crippen molar-refractivity contribution in [2.45, 2.75) is 23.5 Å². The highest BCUT2D eigenvalue weighted by Gasteiger charge is 2.28. The van der Waals surface area contributed by atoms with Crippen LogP contribution < -0.4 is 5.32 Å². The van der Waals surface area contributed by atoms with E-state index < -0.39 is 5.51 Å². The summed E-state index contributed by atoms with van der Waals surface area (Å²) < 4.78 is 42.5. The number of hydrogen-bond donors (Lipinski definition) is 1. The first-order chi connectivity index (χ1) is 14.4. The van der Waals surface area contributed by atoms with E-state index >= 15 is 0 Å². The molecule has 1 amide bonds. The first kappa shape index (κ1) is 22.4. The number of carbonyl (C=O) groups excluding carboxylic acids is 1. The molecule has 0 saturated carbocycles. The summed E-state index contributed by atoms with van der Waals surface area (Å²) in [4.78, 5) is 14.6. The first-order valence-corrected chi connectivity index (χ1v) is 10.4. The largest absolute Gasteiger partial charge is 0.446 e. The maximum atomic E-state index is 12.4. The van der Waals surface area contributed by atoms with Crippen LogP contribution in [0.5, 0.6) is 0 Å². The number of ether oxygens (including phenoxy) is 1. The quantitative estimate of drug-likeness (QED) is 0.514. The van der Waals surface area contributed by atoms with E-state index in [2.05, 4.69) is 16.3 Å². The van der Waals surface area contributed by atoms with E-state index in [1.807, 2.05) is 18.2 Å². The van der Waals surface area contributed by atoms with Crippen LogP contribution in [-0.4, -0.2) is 42.6 Å². The molecule has 3 rings (SSSR count). The van der Waals surface area contributed by atoms with Crippen LogP contribution in [0.15, 0.2) is 59.5 Å². The predicted molar refractivity (Wildman–Crippen MR) is 112 cm³/mol. The van der Waals surface area contributed by atoms with Crippen molar-refractivity contribution in [2.24, 2.45) is 0 Å². The van der Waals surface area contributed by atoms with Crippen LogP contribution in [0.1, 0.15) is 16.7 Å². The van der Waals surface area contributed by atoms with Crippen molar-refractivity contribution in [3.05, 3.63) is 71.3 Å². The monoisotopic (exact) mass is 436 g/mol. The van der Waals surface area contributed by atoms with Crippen LogP contribution in [0, 0.1) is 0 Å². The van der Waals surface area contributed by atoms with Gasteiger partial charge in [-0.2, -0.15) is 13.2 Å². The Labute approximate surface area is 178 Å². The first-order valence-electron chi connectivity index (χ1n) is 9.58. The summed E-state index contributed by atoms with van der Waals surface area (Å²) in [5.74, 6) is -0.259. The van der Waals surface area contributed by atoms with E-state index in [0.29, 0.717) is 12.1 Å². The summed E-state index contributed by atoms with van der Waals surface area (Å²) in [6.07, 6.45) is 2.97. The van der Waals surface area contributed by atoms with Crippen molar-refractivity contribution in [3.63, 3.8) is 0 Å². The maximum absolute atomic E-state index is 12.4. The third kappa shape index (κ3) is 7.51. The molecule has 30 heavy (non-hydrogen) atoms. The minimum Gasteiger partial charge on any atom is -0.379 e. The van der Waals surface area contributed by atoms with Gasteiger partial charge in [-0.15, -0.1) is 0 Å². The van der Waals surface area contributed by atoms with Crippen molar-refractivity contribution < 1.29 is 22.7 Å². The molecule has 0 unspecified atom stereocenters. The van der Waals surface area contributed by atoms with Crippen molar-refractivity contribution >= 4 is 23.7 Å². The number of carbonyl (C=O) groups is 1. The zero-order chi connectivity index (χ0) is 21.4. The summed E-state index contributed by atoms with van der Waals surface area (Å²) >= 11 is -0.161. The molecule has 0 aromatic heterocycles. The topological polar surface area (TPSA) is 41.6 Å². The molecule has 0 atom stereocenters. The summed E-state index contributed by atoms with van der Waals surface area (Å²) in [7, 11) is 0. The smallest absolute Gasteiger partial charge is 0.379 e. The second-order valence-electron chi connectivity index (χ2n) is 6.83. The van der Waals surface area contributed by atoms with Crippen LogP contribution in [0.3, 0.4) is 0 Å². The molecule has 0 radical (unpaired) electrons. The molecule has 1 saturated heterocycles. The van der Waals surface area contributed by atoms with Crippen LogP contribution in [0.4, 0.5) is 13.2 Å². The Kier molecular flexibility index (Phi) is 7.95. The Morgan fingerprint density at radius 2 is 1.73 bits per heavy atom. The Morgan fingerprint density at radius 3 is 2.40 bits per heavy atom. The number of nitrogens with one attached hydrogen (secondary N) is 1. The van der Waals surface area contributed by atoms with Crippen molar-refractivity contribution in [1.82, 2.24) is 10.2 Å². The highest BCUT2D eigenvalue weighted by atomic mass is 32.2. The summed E-state index contributed by atoms with van der Waals surface area (Å²) in [6, 6.07) is 13.9. The fraction of sp³-hybridized carbons (Fsp3) is 0.318. The van der Waals surface area contributed by atoms with Gasteiger partial charge >= 0.3 is 5.51 Å². The van der Waals surface area contributed by atoms with Gasteiger partial charge < -0.3 is 10.1 Å². The number of hydrogen-bond acceptors (Lipinski definition) is 4. The Hall–Kier alpha value is -2.29. The SMILES string of the molecule is O=C(/C=C/c1ccc(SC(F)(F)F)cc1)NCc1ccccc1CN1CCOCC1. The van der Waals surface area contributed by atoms with Gasteiger partial charge in [0, 0.05) is 37.2 Å². The average Bonchev–Trinajstić information content (AvgIpc) is 2.72. The average molecular weight is 436 g/mol. The summed E-state index contributed by atoms with van der Waals surface area (Å²) in [5.41, 5.74) is -1.43. The van der Waals surface area contributed by atoms with Crippen LogP contribution >= 0.6 is 11.8 Å². The zero-order valence-electron chi connectivity index (χ0n) is 16.3. The van der Waals surface area contributed by atoms with E-state index in [0.717, 1.165) is 38.4 Å². The normalized spacial score (nSPS) is 15.4. The van der Waals surface area contributed by atoms with Crippen LogP contribution in [0.2, 0.25) is 0 Å². The van der Waals surface area contributed by atoms with Gasteiger partial charge in [0.05, 0.1) is 13.2 Å². The molecule has 1 heterocycles. The molecule has 0 aliphatic carbocycles. The fourth-order valence-electron chi connectivity index (χ4n) is 3.08.